The molecule has 4 heteroatoms. The molecule has 4 nitrogen and oxygen atoms in total. The van der Waals surface area contributed by atoms with Crippen LogP contribution in [-0.4, -0.2) is 16.2 Å². The van der Waals surface area contributed by atoms with E-state index in [1.807, 2.05) is 24.3 Å². The molecule has 0 saturated heterocycles. The molecule has 0 amide bonds. The molecule has 1 heterocycles. The van der Waals surface area contributed by atoms with Gasteiger partial charge in [0.1, 0.15) is 6.07 Å². The van der Waals surface area contributed by atoms with Crippen LogP contribution < -0.4 is 5.32 Å². The summed E-state index contributed by atoms with van der Waals surface area (Å²) in [4.78, 5) is 0. The number of nitrogens with zero attached hydrogens (tertiary/aromatic N) is 3. The fraction of sp³-hybridized carbons (Fsp3) is 0.357. The number of hydrogen-bond donors (Lipinski definition) is 1. The van der Waals surface area contributed by atoms with Gasteiger partial charge in [0.15, 0.2) is 5.69 Å². The Morgan fingerprint density at radius 1 is 1.17 bits per heavy atom. The second kappa shape index (κ2) is 5.01. The molecule has 2 rings (SSSR count). The number of benzene rings is 1. The van der Waals surface area contributed by atoms with Gasteiger partial charge in [0.05, 0.1) is 11.2 Å². The maximum absolute atomic E-state index is 9.14. The minimum absolute atomic E-state index is 0.268. The lowest BCUT2D eigenvalue weighted by Gasteiger charge is -2.20. The largest absolute Gasteiger partial charge is 0.379 e. The normalized spacial score (nSPS) is 12.4. The first kappa shape index (κ1) is 12.3. The summed E-state index contributed by atoms with van der Waals surface area (Å²) in [6.45, 7) is 6.38. The Hall–Kier alpha value is -2.15. The van der Waals surface area contributed by atoms with Crippen molar-refractivity contribution in [1.82, 2.24) is 10.2 Å². The van der Waals surface area contributed by atoms with Crippen molar-refractivity contribution in [2.45, 2.75) is 26.8 Å². The highest BCUT2D eigenvalue weighted by molar-refractivity contribution is 5.92. The van der Waals surface area contributed by atoms with E-state index in [0.29, 0.717) is 11.6 Å². The second-order valence-electron chi connectivity index (χ2n) is 4.73. The minimum Gasteiger partial charge on any atom is -0.379 e. The summed E-state index contributed by atoms with van der Waals surface area (Å²) in [6, 6.07) is 10.1. The summed E-state index contributed by atoms with van der Waals surface area (Å²) >= 11 is 0. The molecule has 0 aliphatic rings. The lowest BCUT2D eigenvalue weighted by atomic mass is 10.1. The van der Waals surface area contributed by atoms with Crippen LogP contribution in [0, 0.1) is 17.2 Å². The van der Waals surface area contributed by atoms with E-state index in [1.165, 1.54) is 0 Å². The van der Waals surface area contributed by atoms with Crippen molar-refractivity contribution < 1.29 is 0 Å². The second-order valence-corrected chi connectivity index (χ2v) is 4.73. The first-order chi connectivity index (χ1) is 8.63. The molecule has 0 saturated carbocycles. The van der Waals surface area contributed by atoms with Gasteiger partial charge in [-0.3, -0.25) is 0 Å². The number of nitriles is 1. The van der Waals surface area contributed by atoms with Crippen LogP contribution in [0.3, 0.4) is 0 Å². The van der Waals surface area contributed by atoms with Gasteiger partial charge in [0, 0.05) is 11.4 Å². The van der Waals surface area contributed by atoms with E-state index < -0.39 is 0 Å². The van der Waals surface area contributed by atoms with Crippen molar-refractivity contribution in [2.24, 2.45) is 5.92 Å². The third-order valence-electron chi connectivity index (χ3n) is 3.15. The third kappa shape index (κ3) is 2.25. The number of fused-ring (bicyclic) bond motifs is 1. The van der Waals surface area contributed by atoms with Crippen LogP contribution in [0.4, 0.5) is 5.69 Å². The Balaban J connectivity index is 2.55. The number of anilines is 1. The number of hydrogen-bond acceptors (Lipinski definition) is 4. The first-order valence-electron chi connectivity index (χ1n) is 6.05. The fourth-order valence-corrected chi connectivity index (χ4v) is 1.67. The highest BCUT2D eigenvalue weighted by atomic mass is 15.1. The van der Waals surface area contributed by atoms with Crippen molar-refractivity contribution in [3.8, 4) is 6.07 Å². The summed E-state index contributed by atoms with van der Waals surface area (Å²) in [5.74, 6) is 0.475. The molecule has 1 aromatic heterocycles. The van der Waals surface area contributed by atoms with Crippen molar-refractivity contribution in [3.05, 3.63) is 30.0 Å². The molecule has 1 N–H and O–H groups in total. The fourth-order valence-electron chi connectivity index (χ4n) is 1.67. The molecule has 1 unspecified atom stereocenters. The average Bonchev–Trinajstić information content (AvgIpc) is 2.39. The molecule has 0 bridgehead atoms. The van der Waals surface area contributed by atoms with Gasteiger partial charge in [-0.2, -0.15) is 5.26 Å². The van der Waals surface area contributed by atoms with Gasteiger partial charge in [0.25, 0.3) is 0 Å². The molecule has 0 aliphatic heterocycles. The molecule has 18 heavy (non-hydrogen) atoms. The van der Waals surface area contributed by atoms with E-state index in [2.05, 4.69) is 42.4 Å². The van der Waals surface area contributed by atoms with Gasteiger partial charge in [-0.1, -0.05) is 32.0 Å². The minimum atomic E-state index is 0.268. The molecule has 0 spiro atoms. The monoisotopic (exact) mass is 240 g/mol. The van der Waals surface area contributed by atoms with E-state index in [0.717, 1.165) is 16.6 Å². The maximum atomic E-state index is 9.14. The zero-order chi connectivity index (χ0) is 13.1. The number of rotatable bonds is 3. The van der Waals surface area contributed by atoms with Crippen LogP contribution in [0.25, 0.3) is 10.9 Å². The van der Waals surface area contributed by atoms with Crippen LogP contribution in [-0.2, 0) is 0 Å². The summed E-state index contributed by atoms with van der Waals surface area (Å²) in [5.41, 5.74) is 1.93. The first-order valence-corrected chi connectivity index (χ1v) is 6.05. The molecular formula is C14H16N4. The Morgan fingerprint density at radius 2 is 1.89 bits per heavy atom. The maximum Gasteiger partial charge on any atom is 0.186 e. The van der Waals surface area contributed by atoms with Crippen molar-refractivity contribution in [1.29, 1.82) is 5.26 Å². The third-order valence-corrected chi connectivity index (χ3v) is 3.15. The lowest BCUT2D eigenvalue weighted by Crippen LogP contribution is -2.22. The Labute approximate surface area is 107 Å². The van der Waals surface area contributed by atoms with E-state index in [-0.39, 0.29) is 6.04 Å². The molecule has 0 aliphatic carbocycles. The summed E-state index contributed by atoms with van der Waals surface area (Å²) in [7, 11) is 0. The van der Waals surface area contributed by atoms with Gasteiger partial charge < -0.3 is 5.32 Å². The van der Waals surface area contributed by atoms with Crippen LogP contribution in [0.1, 0.15) is 26.5 Å². The van der Waals surface area contributed by atoms with Gasteiger partial charge in [0.2, 0.25) is 0 Å². The standard InChI is InChI=1S/C14H16N4/c1-9(2)10(3)16-14-11-6-4-5-7-12(11)17-18-13(14)8-15/h4-7,9-10H,1-3H3,(H,16,17). The molecule has 92 valence electrons. The van der Waals surface area contributed by atoms with Crippen LogP contribution in [0.5, 0.6) is 0 Å². The van der Waals surface area contributed by atoms with E-state index in [1.54, 1.807) is 0 Å². The predicted octanol–water partition coefficient (Wildman–Crippen LogP) is 2.96. The van der Waals surface area contributed by atoms with Crippen molar-refractivity contribution >= 4 is 16.6 Å². The lowest BCUT2D eigenvalue weighted by molar-refractivity contribution is 0.560. The zero-order valence-corrected chi connectivity index (χ0v) is 10.8. The molecule has 0 radical (unpaired) electrons. The number of nitrogens with one attached hydrogen (secondary N) is 1. The average molecular weight is 240 g/mol. The zero-order valence-electron chi connectivity index (χ0n) is 10.8. The Bertz CT molecular complexity index is 598. The predicted molar refractivity (Wildman–Crippen MR) is 72.2 cm³/mol. The van der Waals surface area contributed by atoms with Crippen molar-refractivity contribution in [3.63, 3.8) is 0 Å². The topological polar surface area (TPSA) is 61.6 Å². The smallest absolute Gasteiger partial charge is 0.186 e. The van der Waals surface area contributed by atoms with Gasteiger partial charge in [-0.25, -0.2) is 0 Å². The van der Waals surface area contributed by atoms with Crippen LogP contribution >= 0.6 is 0 Å². The van der Waals surface area contributed by atoms with Crippen molar-refractivity contribution in [2.75, 3.05) is 5.32 Å². The van der Waals surface area contributed by atoms with Gasteiger partial charge in [-0.15, -0.1) is 10.2 Å². The van der Waals surface area contributed by atoms with Gasteiger partial charge in [-0.05, 0) is 18.9 Å². The van der Waals surface area contributed by atoms with E-state index >= 15 is 0 Å². The number of aromatic nitrogens is 2. The molecule has 2 aromatic rings. The SMILES string of the molecule is CC(C)C(C)Nc1c(C#N)nnc2ccccc12. The summed E-state index contributed by atoms with van der Waals surface area (Å²) in [6.07, 6.45) is 0. The summed E-state index contributed by atoms with van der Waals surface area (Å²) in [5, 5.41) is 21.5. The summed E-state index contributed by atoms with van der Waals surface area (Å²) < 4.78 is 0. The highest BCUT2D eigenvalue weighted by Crippen LogP contribution is 2.25. The van der Waals surface area contributed by atoms with E-state index in [9.17, 15) is 0 Å². The van der Waals surface area contributed by atoms with E-state index in [4.69, 9.17) is 5.26 Å². The molecular weight excluding hydrogens is 224 g/mol. The van der Waals surface area contributed by atoms with Gasteiger partial charge >= 0.3 is 0 Å². The molecule has 1 aromatic carbocycles. The van der Waals surface area contributed by atoms with Crippen LogP contribution in [0.2, 0.25) is 0 Å². The molecule has 0 fully saturated rings. The Morgan fingerprint density at radius 3 is 2.56 bits per heavy atom. The molecule has 1 atom stereocenters. The highest BCUT2D eigenvalue weighted by Gasteiger charge is 2.14. The Kier molecular flexibility index (Phi) is 3.42. The quantitative estimate of drug-likeness (QED) is 0.896. The van der Waals surface area contributed by atoms with Crippen LogP contribution in [0.15, 0.2) is 24.3 Å².